The van der Waals surface area contributed by atoms with Crippen molar-refractivity contribution in [3.8, 4) is 0 Å². The summed E-state index contributed by atoms with van der Waals surface area (Å²) in [6.45, 7) is 2.05. The summed E-state index contributed by atoms with van der Waals surface area (Å²) >= 11 is 1.75. The molecule has 3 heteroatoms. The van der Waals surface area contributed by atoms with Gasteiger partial charge in [0.05, 0.1) is 6.04 Å². The van der Waals surface area contributed by atoms with Crippen molar-refractivity contribution in [2.45, 2.75) is 31.8 Å². The number of nitrogens with zero attached hydrogens (tertiary/aromatic N) is 1. The molecule has 2 aromatic rings. The fourth-order valence-corrected chi connectivity index (χ4v) is 2.83. The molecule has 2 nitrogen and oxygen atoms in total. The zero-order valence-electron chi connectivity index (χ0n) is 9.89. The van der Waals surface area contributed by atoms with Crippen LogP contribution in [0.3, 0.4) is 0 Å². The number of aromatic nitrogens is 1. The van der Waals surface area contributed by atoms with Crippen LogP contribution in [0.2, 0.25) is 0 Å². The molecule has 0 radical (unpaired) electrons. The Bertz CT molecular complexity index is 488. The molecule has 17 heavy (non-hydrogen) atoms. The van der Waals surface area contributed by atoms with E-state index in [9.17, 15) is 0 Å². The lowest BCUT2D eigenvalue weighted by molar-refractivity contribution is 0.597. The van der Waals surface area contributed by atoms with Gasteiger partial charge in [-0.1, -0.05) is 30.3 Å². The van der Waals surface area contributed by atoms with Crippen molar-refractivity contribution in [1.29, 1.82) is 0 Å². The van der Waals surface area contributed by atoms with Crippen LogP contribution in [0.4, 0.5) is 0 Å². The summed E-state index contributed by atoms with van der Waals surface area (Å²) in [4.78, 5) is 4.62. The Morgan fingerprint density at radius 1 is 1.29 bits per heavy atom. The summed E-state index contributed by atoms with van der Waals surface area (Å²) in [5.74, 6) is 0. The van der Waals surface area contributed by atoms with Crippen LogP contribution in [0.5, 0.6) is 0 Å². The van der Waals surface area contributed by atoms with Gasteiger partial charge >= 0.3 is 0 Å². The number of thiazole rings is 1. The van der Waals surface area contributed by atoms with Crippen LogP contribution in [0.15, 0.2) is 35.7 Å². The second kappa shape index (κ2) is 4.59. The van der Waals surface area contributed by atoms with Gasteiger partial charge in [0.15, 0.2) is 0 Å². The Morgan fingerprint density at radius 3 is 2.65 bits per heavy atom. The minimum absolute atomic E-state index is 0.266. The third-order valence-electron chi connectivity index (χ3n) is 3.00. The third kappa shape index (κ3) is 2.56. The highest BCUT2D eigenvalue weighted by Crippen LogP contribution is 2.30. The molecule has 0 spiro atoms. The average Bonchev–Trinajstić information content (AvgIpc) is 3.08. The molecule has 0 bridgehead atoms. The van der Waals surface area contributed by atoms with Gasteiger partial charge in [-0.25, -0.2) is 4.98 Å². The van der Waals surface area contributed by atoms with Gasteiger partial charge in [0.2, 0.25) is 0 Å². The molecular formula is C14H16N2S. The number of hydrogen-bond donors (Lipinski definition) is 1. The number of rotatable bonds is 4. The van der Waals surface area contributed by atoms with E-state index in [0.717, 1.165) is 5.69 Å². The smallest absolute Gasteiger partial charge is 0.114 e. The van der Waals surface area contributed by atoms with E-state index in [1.54, 1.807) is 11.3 Å². The number of nitrogens with one attached hydrogen (secondary N) is 1. The molecule has 1 aromatic heterocycles. The minimum Gasteiger partial charge on any atom is -0.301 e. The largest absolute Gasteiger partial charge is 0.301 e. The number of hydrogen-bond acceptors (Lipinski definition) is 3. The molecule has 1 fully saturated rings. The van der Waals surface area contributed by atoms with E-state index in [2.05, 4.69) is 52.9 Å². The Morgan fingerprint density at radius 2 is 2.06 bits per heavy atom. The van der Waals surface area contributed by atoms with Crippen molar-refractivity contribution in [3.63, 3.8) is 0 Å². The summed E-state index contributed by atoms with van der Waals surface area (Å²) in [5, 5.41) is 6.99. The maximum atomic E-state index is 4.62. The van der Waals surface area contributed by atoms with Crippen molar-refractivity contribution in [2.24, 2.45) is 0 Å². The van der Waals surface area contributed by atoms with E-state index < -0.39 is 0 Å². The molecule has 3 rings (SSSR count). The molecule has 1 aromatic carbocycles. The van der Waals surface area contributed by atoms with Crippen molar-refractivity contribution >= 4 is 11.3 Å². The lowest BCUT2D eigenvalue weighted by Crippen LogP contribution is -2.24. The number of benzene rings is 1. The van der Waals surface area contributed by atoms with Crippen molar-refractivity contribution < 1.29 is 0 Å². The molecule has 0 aliphatic heterocycles. The van der Waals surface area contributed by atoms with E-state index in [1.165, 1.54) is 23.4 Å². The fraction of sp³-hybridized carbons (Fsp3) is 0.357. The van der Waals surface area contributed by atoms with Gasteiger partial charge in [-0.2, -0.15) is 0 Å². The molecule has 1 atom stereocenters. The second-order valence-electron chi connectivity index (χ2n) is 4.61. The first-order valence-corrected chi connectivity index (χ1v) is 6.94. The summed E-state index contributed by atoms with van der Waals surface area (Å²) in [5.41, 5.74) is 2.43. The highest BCUT2D eigenvalue weighted by atomic mass is 32.1. The molecule has 1 saturated carbocycles. The maximum absolute atomic E-state index is 4.62. The lowest BCUT2D eigenvalue weighted by Gasteiger charge is -2.16. The molecular weight excluding hydrogens is 228 g/mol. The SMILES string of the molecule is Cc1csc(C(NC2CC2)c2ccccc2)n1. The standard InChI is InChI=1S/C14H16N2S/c1-10-9-17-14(15-10)13(16-12-7-8-12)11-5-3-2-4-6-11/h2-6,9,12-13,16H,7-8H2,1H3. The van der Waals surface area contributed by atoms with Crippen LogP contribution in [-0.4, -0.2) is 11.0 Å². The first-order chi connectivity index (χ1) is 8.33. The van der Waals surface area contributed by atoms with Crippen LogP contribution in [0.25, 0.3) is 0 Å². The Labute approximate surface area is 106 Å². The molecule has 0 saturated heterocycles. The summed E-state index contributed by atoms with van der Waals surface area (Å²) in [6.07, 6.45) is 2.60. The minimum atomic E-state index is 0.266. The van der Waals surface area contributed by atoms with E-state index >= 15 is 0 Å². The van der Waals surface area contributed by atoms with Gasteiger partial charge in [0.25, 0.3) is 0 Å². The normalized spacial score (nSPS) is 17.0. The Kier molecular flexibility index (Phi) is 2.95. The molecule has 0 amide bonds. The highest BCUT2D eigenvalue weighted by molar-refractivity contribution is 7.09. The predicted octanol–water partition coefficient (Wildman–Crippen LogP) is 3.29. The van der Waals surface area contributed by atoms with Crippen molar-refractivity contribution in [3.05, 3.63) is 52.0 Å². The van der Waals surface area contributed by atoms with Crippen molar-refractivity contribution in [2.75, 3.05) is 0 Å². The lowest BCUT2D eigenvalue weighted by atomic mass is 10.1. The van der Waals surface area contributed by atoms with Crippen LogP contribution in [-0.2, 0) is 0 Å². The Hall–Kier alpha value is -1.19. The topological polar surface area (TPSA) is 24.9 Å². The quantitative estimate of drug-likeness (QED) is 0.892. The first kappa shape index (κ1) is 10.9. The van der Waals surface area contributed by atoms with E-state index in [-0.39, 0.29) is 6.04 Å². The second-order valence-corrected chi connectivity index (χ2v) is 5.50. The van der Waals surface area contributed by atoms with E-state index in [4.69, 9.17) is 0 Å². The average molecular weight is 244 g/mol. The Balaban J connectivity index is 1.91. The molecule has 1 heterocycles. The predicted molar refractivity (Wildman–Crippen MR) is 71.3 cm³/mol. The van der Waals surface area contributed by atoms with E-state index in [1.807, 2.05) is 0 Å². The number of aryl methyl sites for hydroxylation is 1. The van der Waals surface area contributed by atoms with Gasteiger partial charge < -0.3 is 5.32 Å². The molecule has 1 aliphatic rings. The van der Waals surface area contributed by atoms with Crippen LogP contribution < -0.4 is 5.32 Å². The van der Waals surface area contributed by atoms with Crippen molar-refractivity contribution in [1.82, 2.24) is 10.3 Å². The summed E-state index contributed by atoms with van der Waals surface area (Å²) in [7, 11) is 0. The molecule has 1 aliphatic carbocycles. The van der Waals surface area contributed by atoms with Gasteiger partial charge in [0.1, 0.15) is 5.01 Å². The van der Waals surface area contributed by atoms with Crippen LogP contribution in [0.1, 0.15) is 35.1 Å². The first-order valence-electron chi connectivity index (χ1n) is 6.06. The van der Waals surface area contributed by atoms with Gasteiger partial charge in [0, 0.05) is 17.1 Å². The zero-order valence-corrected chi connectivity index (χ0v) is 10.7. The van der Waals surface area contributed by atoms with Crippen LogP contribution in [0, 0.1) is 6.92 Å². The highest BCUT2D eigenvalue weighted by Gasteiger charge is 2.27. The molecule has 1 N–H and O–H groups in total. The summed E-state index contributed by atoms with van der Waals surface area (Å²) in [6, 6.07) is 11.6. The van der Waals surface area contributed by atoms with Gasteiger partial charge in [-0.15, -0.1) is 11.3 Å². The van der Waals surface area contributed by atoms with Gasteiger partial charge in [-0.3, -0.25) is 0 Å². The fourth-order valence-electron chi connectivity index (χ4n) is 1.95. The van der Waals surface area contributed by atoms with E-state index in [0.29, 0.717) is 6.04 Å². The maximum Gasteiger partial charge on any atom is 0.114 e. The monoisotopic (exact) mass is 244 g/mol. The van der Waals surface area contributed by atoms with Gasteiger partial charge in [-0.05, 0) is 25.3 Å². The third-order valence-corrected chi connectivity index (χ3v) is 4.02. The zero-order chi connectivity index (χ0) is 11.7. The summed E-state index contributed by atoms with van der Waals surface area (Å²) < 4.78 is 0. The molecule has 88 valence electrons. The van der Waals surface area contributed by atoms with Crippen LogP contribution >= 0.6 is 11.3 Å². The molecule has 1 unspecified atom stereocenters.